The van der Waals surface area contributed by atoms with Crippen LogP contribution in [0, 0.1) is 0 Å². The molecule has 178 valence electrons. The van der Waals surface area contributed by atoms with Gasteiger partial charge in [0.05, 0.1) is 17.5 Å². The van der Waals surface area contributed by atoms with Crippen molar-refractivity contribution in [2.24, 2.45) is 5.73 Å². The minimum atomic E-state index is -0.532. The predicted molar refractivity (Wildman–Crippen MR) is 144 cm³/mol. The van der Waals surface area contributed by atoms with Gasteiger partial charge in [-0.25, -0.2) is 4.79 Å². The SMILES string of the molecule is CC(C)Oc1ccc(N(C(N)=O)c2ccc3[nH]cc(CCN(C)Cc4cc(Br)cs4)c3c2)cc1. The number of hydrogen-bond acceptors (Lipinski definition) is 4. The fourth-order valence-corrected chi connectivity index (χ4v) is 5.49. The second kappa shape index (κ2) is 10.6. The zero-order chi connectivity index (χ0) is 24.2. The number of hydrogen-bond donors (Lipinski definition) is 2. The van der Waals surface area contributed by atoms with Crippen molar-refractivity contribution in [2.45, 2.75) is 32.9 Å². The molecule has 0 radical (unpaired) electrons. The minimum Gasteiger partial charge on any atom is -0.491 e. The van der Waals surface area contributed by atoms with Gasteiger partial charge in [0.15, 0.2) is 0 Å². The van der Waals surface area contributed by atoms with E-state index in [1.54, 1.807) is 11.3 Å². The van der Waals surface area contributed by atoms with Crippen LogP contribution in [-0.4, -0.2) is 35.6 Å². The van der Waals surface area contributed by atoms with Crippen molar-refractivity contribution in [1.82, 2.24) is 9.88 Å². The fourth-order valence-electron chi connectivity index (χ4n) is 3.95. The van der Waals surface area contributed by atoms with Gasteiger partial charge in [0, 0.05) is 44.9 Å². The first kappa shape index (κ1) is 24.3. The number of aromatic nitrogens is 1. The lowest BCUT2D eigenvalue weighted by Crippen LogP contribution is -2.31. The lowest BCUT2D eigenvalue weighted by molar-refractivity contribution is 0.242. The zero-order valence-electron chi connectivity index (χ0n) is 19.5. The summed E-state index contributed by atoms with van der Waals surface area (Å²) in [7, 11) is 2.13. The van der Waals surface area contributed by atoms with Gasteiger partial charge in [0.1, 0.15) is 5.75 Å². The molecule has 34 heavy (non-hydrogen) atoms. The van der Waals surface area contributed by atoms with E-state index in [4.69, 9.17) is 10.5 Å². The Balaban J connectivity index is 1.53. The lowest BCUT2D eigenvalue weighted by atomic mass is 10.1. The van der Waals surface area contributed by atoms with Crippen LogP contribution in [0.15, 0.2) is 64.6 Å². The number of benzene rings is 2. The number of ether oxygens (including phenoxy) is 1. The maximum atomic E-state index is 12.4. The van der Waals surface area contributed by atoms with Gasteiger partial charge in [-0.3, -0.25) is 4.90 Å². The Morgan fingerprint density at radius 1 is 1.15 bits per heavy atom. The van der Waals surface area contributed by atoms with Gasteiger partial charge in [0.25, 0.3) is 0 Å². The monoisotopic (exact) mass is 540 g/mol. The number of nitrogens with zero attached hydrogens (tertiary/aromatic N) is 2. The third kappa shape index (κ3) is 5.81. The summed E-state index contributed by atoms with van der Waals surface area (Å²) in [6.07, 6.45) is 3.03. The maximum Gasteiger partial charge on any atom is 0.323 e. The third-order valence-electron chi connectivity index (χ3n) is 5.51. The lowest BCUT2D eigenvalue weighted by Gasteiger charge is -2.21. The molecule has 4 aromatic rings. The van der Waals surface area contributed by atoms with E-state index in [-0.39, 0.29) is 6.10 Å². The molecule has 0 fully saturated rings. The number of primary amides is 1. The second-order valence-corrected chi connectivity index (χ2v) is 10.5. The van der Waals surface area contributed by atoms with Gasteiger partial charge >= 0.3 is 6.03 Å². The molecule has 2 amide bonds. The number of thiophene rings is 1. The number of carbonyl (C=O) groups excluding carboxylic acids is 1. The summed E-state index contributed by atoms with van der Waals surface area (Å²) in [5.74, 6) is 0.755. The molecule has 3 N–H and O–H groups in total. The molecule has 0 aliphatic heterocycles. The Morgan fingerprint density at radius 3 is 2.53 bits per heavy atom. The Kier molecular flexibility index (Phi) is 7.60. The van der Waals surface area contributed by atoms with E-state index in [1.165, 1.54) is 15.3 Å². The van der Waals surface area contributed by atoms with Crippen molar-refractivity contribution < 1.29 is 9.53 Å². The summed E-state index contributed by atoms with van der Waals surface area (Å²) in [6, 6.07) is 15.0. The number of rotatable bonds is 9. The van der Waals surface area contributed by atoms with Crippen LogP contribution in [0.4, 0.5) is 16.2 Å². The maximum absolute atomic E-state index is 12.4. The normalized spacial score (nSPS) is 11.5. The Labute approximate surface area is 212 Å². The third-order valence-corrected chi connectivity index (χ3v) is 7.19. The highest BCUT2D eigenvalue weighted by Crippen LogP contribution is 2.31. The quantitative estimate of drug-likeness (QED) is 0.249. The number of carbonyl (C=O) groups is 1. The van der Waals surface area contributed by atoms with Gasteiger partial charge < -0.3 is 20.4 Å². The van der Waals surface area contributed by atoms with Crippen molar-refractivity contribution >= 4 is 55.6 Å². The standard InChI is InChI=1S/C26H29BrN4O2S/c1-17(2)33-22-7-4-20(5-8-22)31(26(28)32)21-6-9-25-24(13-21)18(14-29-25)10-11-30(3)15-23-12-19(27)16-34-23/h4-9,12-14,16-17,29H,10-11,15H2,1-3H3,(H2,28,32). The topological polar surface area (TPSA) is 74.6 Å². The Hall–Kier alpha value is -2.81. The van der Waals surface area contributed by atoms with E-state index in [0.717, 1.165) is 46.3 Å². The van der Waals surface area contributed by atoms with Gasteiger partial charge in [0.2, 0.25) is 0 Å². The van der Waals surface area contributed by atoms with Crippen LogP contribution in [0.25, 0.3) is 10.9 Å². The molecule has 0 aliphatic carbocycles. The highest BCUT2D eigenvalue weighted by Gasteiger charge is 2.17. The van der Waals surface area contributed by atoms with Crippen LogP contribution in [0.5, 0.6) is 5.75 Å². The van der Waals surface area contributed by atoms with Crippen LogP contribution in [-0.2, 0) is 13.0 Å². The van der Waals surface area contributed by atoms with E-state index in [1.807, 2.05) is 56.3 Å². The van der Waals surface area contributed by atoms with E-state index in [0.29, 0.717) is 5.69 Å². The fraction of sp³-hybridized carbons (Fsp3) is 0.269. The minimum absolute atomic E-state index is 0.0822. The highest BCUT2D eigenvalue weighted by atomic mass is 79.9. The largest absolute Gasteiger partial charge is 0.491 e. The molecule has 0 bridgehead atoms. The molecule has 0 atom stereocenters. The van der Waals surface area contributed by atoms with Crippen LogP contribution >= 0.6 is 27.3 Å². The summed E-state index contributed by atoms with van der Waals surface area (Å²) in [6.45, 7) is 5.79. The summed E-state index contributed by atoms with van der Waals surface area (Å²) in [4.78, 5) is 20.9. The zero-order valence-corrected chi connectivity index (χ0v) is 21.9. The smallest absolute Gasteiger partial charge is 0.323 e. The molecule has 0 spiro atoms. The number of nitrogens with two attached hydrogens (primary N) is 1. The highest BCUT2D eigenvalue weighted by molar-refractivity contribution is 9.10. The summed E-state index contributed by atoms with van der Waals surface area (Å²) in [5, 5.41) is 3.20. The molecule has 2 aromatic heterocycles. The van der Waals surface area contributed by atoms with E-state index >= 15 is 0 Å². The molecule has 0 aliphatic rings. The molecule has 0 saturated carbocycles. The molecular formula is C26H29BrN4O2S. The molecule has 0 unspecified atom stereocenters. The average molecular weight is 542 g/mol. The molecular weight excluding hydrogens is 512 g/mol. The van der Waals surface area contributed by atoms with Crippen molar-refractivity contribution in [1.29, 1.82) is 0 Å². The number of aromatic amines is 1. The number of halogens is 1. The molecule has 4 rings (SSSR count). The number of anilines is 2. The van der Waals surface area contributed by atoms with E-state index in [9.17, 15) is 4.79 Å². The van der Waals surface area contributed by atoms with Crippen LogP contribution < -0.4 is 15.4 Å². The molecule has 8 heteroatoms. The van der Waals surface area contributed by atoms with Gasteiger partial charge in [-0.15, -0.1) is 11.3 Å². The molecule has 0 saturated heterocycles. The van der Waals surface area contributed by atoms with Gasteiger partial charge in [-0.2, -0.15) is 0 Å². The summed E-state index contributed by atoms with van der Waals surface area (Å²) >= 11 is 5.28. The number of fused-ring (bicyclic) bond motifs is 1. The molecule has 6 nitrogen and oxygen atoms in total. The van der Waals surface area contributed by atoms with E-state index < -0.39 is 6.03 Å². The van der Waals surface area contributed by atoms with Crippen molar-refractivity contribution in [3.63, 3.8) is 0 Å². The van der Waals surface area contributed by atoms with E-state index in [2.05, 4.69) is 50.5 Å². The summed E-state index contributed by atoms with van der Waals surface area (Å²) in [5.41, 5.74) is 9.46. The van der Waals surface area contributed by atoms with Crippen molar-refractivity contribution in [3.8, 4) is 5.75 Å². The van der Waals surface area contributed by atoms with Crippen LogP contribution in [0.1, 0.15) is 24.3 Å². The first-order valence-corrected chi connectivity index (χ1v) is 12.8. The molecule has 2 heterocycles. The summed E-state index contributed by atoms with van der Waals surface area (Å²) < 4.78 is 6.85. The Morgan fingerprint density at radius 2 is 1.88 bits per heavy atom. The average Bonchev–Trinajstić information content (AvgIpc) is 3.38. The molecule has 2 aromatic carbocycles. The number of H-pyrrole nitrogens is 1. The number of nitrogens with one attached hydrogen (secondary N) is 1. The first-order chi connectivity index (χ1) is 16.3. The van der Waals surface area contributed by atoms with Crippen molar-refractivity contribution in [2.75, 3.05) is 18.5 Å². The van der Waals surface area contributed by atoms with Crippen LogP contribution in [0.2, 0.25) is 0 Å². The van der Waals surface area contributed by atoms with Gasteiger partial charge in [-0.05, 0) is 97.3 Å². The number of amides is 2. The van der Waals surface area contributed by atoms with Gasteiger partial charge in [-0.1, -0.05) is 0 Å². The predicted octanol–water partition coefficient (Wildman–Crippen LogP) is 6.67. The number of urea groups is 1. The second-order valence-electron chi connectivity index (χ2n) is 8.60. The van der Waals surface area contributed by atoms with Crippen molar-refractivity contribution in [3.05, 3.63) is 75.0 Å². The van der Waals surface area contributed by atoms with Crippen LogP contribution in [0.3, 0.4) is 0 Å². The first-order valence-electron chi connectivity index (χ1n) is 11.2. The number of likely N-dealkylation sites (N-methyl/N-ethyl adjacent to an activating group) is 1. The Bertz CT molecular complexity index is 1270.